The Balaban J connectivity index is 1.98. The van der Waals surface area contributed by atoms with Crippen LogP contribution in [0.1, 0.15) is 40.9 Å². The number of carboxylic acid groups (broad SMARTS) is 1. The molecular formula is C22H22ClNO5. The minimum atomic E-state index is -1.01. The fraction of sp³-hybridized carbons (Fsp3) is 0.273. The van der Waals surface area contributed by atoms with Crippen LogP contribution in [0.5, 0.6) is 5.75 Å². The molecule has 0 aliphatic rings. The number of benzene rings is 2. The SMILES string of the molecule is CCC(Cc1ccc(OC)c(C(N)C(=O)c2ccc(Cl)c3ccoc23)c1)C(=O)O. The normalized spacial score (nSPS) is 13.2. The van der Waals surface area contributed by atoms with Crippen molar-refractivity contribution in [2.24, 2.45) is 11.7 Å². The molecule has 0 radical (unpaired) electrons. The largest absolute Gasteiger partial charge is 0.496 e. The molecule has 2 unspecified atom stereocenters. The van der Waals surface area contributed by atoms with Gasteiger partial charge in [-0.1, -0.05) is 30.7 Å². The van der Waals surface area contributed by atoms with Crippen molar-refractivity contribution in [1.29, 1.82) is 0 Å². The molecule has 0 aliphatic carbocycles. The van der Waals surface area contributed by atoms with Gasteiger partial charge in [0.25, 0.3) is 0 Å². The van der Waals surface area contributed by atoms with Crippen LogP contribution in [0.25, 0.3) is 11.0 Å². The Labute approximate surface area is 173 Å². The van der Waals surface area contributed by atoms with E-state index in [0.717, 1.165) is 5.56 Å². The average Bonchev–Trinajstić information content (AvgIpc) is 3.21. The number of halogens is 1. The van der Waals surface area contributed by atoms with Gasteiger partial charge in [0, 0.05) is 10.9 Å². The van der Waals surface area contributed by atoms with Gasteiger partial charge in [0.15, 0.2) is 5.78 Å². The maximum absolute atomic E-state index is 13.2. The zero-order valence-electron chi connectivity index (χ0n) is 16.1. The molecule has 0 amide bonds. The number of nitrogens with two attached hydrogens (primary N) is 1. The highest BCUT2D eigenvalue weighted by molar-refractivity contribution is 6.36. The molecule has 3 aromatic rings. The number of methoxy groups -OCH3 is 1. The second-order valence-corrected chi connectivity index (χ2v) is 7.23. The maximum atomic E-state index is 13.2. The van der Waals surface area contributed by atoms with Crippen LogP contribution < -0.4 is 10.5 Å². The number of ether oxygens (including phenoxy) is 1. The zero-order chi connectivity index (χ0) is 21.1. The summed E-state index contributed by atoms with van der Waals surface area (Å²) >= 11 is 6.16. The molecule has 0 bridgehead atoms. The number of carbonyl (C=O) groups excluding carboxylic acids is 1. The molecule has 7 heteroatoms. The van der Waals surface area contributed by atoms with Crippen molar-refractivity contribution in [3.05, 3.63) is 64.4 Å². The fourth-order valence-corrected chi connectivity index (χ4v) is 3.59. The standard InChI is InChI=1S/C22H22ClNO5/c1-3-13(22(26)27)10-12-4-7-18(28-2)16(11-12)19(24)20(25)15-5-6-17(23)14-8-9-29-21(14)15/h4-9,11,13,19H,3,10,24H2,1-2H3,(H,26,27). The number of rotatable bonds is 8. The van der Waals surface area contributed by atoms with E-state index < -0.39 is 17.9 Å². The van der Waals surface area contributed by atoms with Crippen molar-refractivity contribution in [2.75, 3.05) is 7.11 Å². The van der Waals surface area contributed by atoms with E-state index in [2.05, 4.69) is 0 Å². The summed E-state index contributed by atoms with van der Waals surface area (Å²) in [4.78, 5) is 24.5. The van der Waals surface area contributed by atoms with Gasteiger partial charge in [0.05, 0.1) is 35.9 Å². The lowest BCUT2D eigenvalue weighted by Gasteiger charge is -2.18. The van der Waals surface area contributed by atoms with Crippen molar-refractivity contribution < 1.29 is 23.8 Å². The highest BCUT2D eigenvalue weighted by Gasteiger charge is 2.25. The molecule has 6 nitrogen and oxygen atoms in total. The first-order chi connectivity index (χ1) is 13.9. The van der Waals surface area contributed by atoms with Crippen molar-refractivity contribution in [3.63, 3.8) is 0 Å². The van der Waals surface area contributed by atoms with Crippen LogP contribution in [0, 0.1) is 5.92 Å². The minimum absolute atomic E-state index is 0.325. The molecule has 0 fully saturated rings. The number of carbonyl (C=O) groups is 2. The second kappa shape index (κ2) is 8.68. The van der Waals surface area contributed by atoms with Crippen LogP contribution in [0.4, 0.5) is 0 Å². The van der Waals surface area contributed by atoms with E-state index in [1.165, 1.54) is 13.4 Å². The van der Waals surface area contributed by atoms with E-state index in [-0.39, 0.29) is 5.78 Å². The van der Waals surface area contributed by atoms with Gasteiger partial charge in [0.1, 0.15) is 11.3 Å². The summed E-state index contributed by atoms with van der Waals surface area (Å²) < 4.78 is 10.8. The molecule has 2 aromatic carbocycles. The molecule has 0 aliphatic heterocycles. The number of hydrogen-bond acceptors (Lipinski definition) is 5. The van der Waals surface area contributed by atoms with Gasteiger partial charge < -0.3 is 20.0 Å². The molecule has 3 rings (SSSR count). The van der Waals surface area contributed by atoms with Crippen LogP contribution in [0.3, 0.4) is 0 Å². The lowest BCUT2D eigenvalue weighted by atomic mass is 9.91. The first-order valence-electron chi connectivity index (χ1n) is 9.22. The van der Waals surface area contributed by atoms with Crippen LogP contribution in [0.15, 0.2) is 47.1 Å². The number of hydrogen-bond donors (Lipinski definition) is 2. The summed E-state index contributed by atoms with van der Waals surface area (Å²) in [6, 6.07) is 9.13. The topological polar surface area (TPSA) is 103 Å². The fourth-order valence-electron chi connectivity index (χ4n) is 3.38. The molecular weight excluding hydrogens is 394 g/mol. The molecule has 3 N–H and O–H groups in total. The lowest BCUT2D eigenvalue weighted by molar-refractivity contribution is -0.141. The van der Waals surface area contributed by atoms with E-state index in [1.54, 1.807) is 36.4 Å². The highest BCUT2D eigenvalue weighted by atomic mass is 35.5. The summed E-state index contributed by atoms with van der Waals surface area (Å²) in [6.45, 7) is 1.83. The number of carboxylic acids is 1. The number of Topliss-reactive ketones (excluding diaryl/α,β-unsaturated/α-hetero) is 1. The third kappa shape index (κ3) is 4.13. The van der Waals surface area contributed by atoms with Crippen LogP contribution >= 0.6 is 11.6 Å². The predicted octanol–water partition coefficient (Wildman–Crippen LogP) is 4.63. The van der Waals surface area contributed by atoms with Gasteiger partial charge in [0.2, 0.25) is 0 Å². The van der Waals surface area contributed by atoms with Crippen LogP contribution in [-0.2, 0) is 11.2 Å². The van der Waals surface area contributed by atoms with Gasteiger partial charge in [-0.25, -0.2) is 0 Å². The minimum Gasteiger partial charge on any atom is -0.496 e. The van der Waals surface area contributed by atoms with E-state index in [0.29, 0.717) is 45.7 Å². The van der Waals surface area contributed by atoms with E-state index in [1.807, 2.05) is 6.92 Å². The van der Waals surface area contributed by atoms with Crippen molar-refractivity contribution in [1.82, 2.24) is 0 Å². The van der Waals surface area contributed by atoms with Crippen LogP contribution in [0.2, 0.25) is 5.02 Å². The second-order valence-electron chi connectivity index (χ2n) is 6.82. The van der Waals surface area contributed by atoms with Gasteiger partial charge in [-0.3, -0.25) is 9.59 Å². The van der Waals surface area contributed by atoms with Gasteiger partial charge in [-0.2, -0.15) is 0 Å². The predicted molar refractivity (Wildman–Crippen MR) is 111 cm³/mol. The quantitative estimate of drug-likeness (QED) is 0.520. The summed E-state index contributed by atoms with van der Waals surface area (Å²) in [7, 11) is 1.49. The molecule has 0 saturated heterocycles. The Kier molecular flexibility index (Phi) is 6.25. The van der Waals surface area contributed by atoms with Crippen molar-refractivity contribution >= 4 is 34.3 Å². The summed E-state index contributed by atoms with van der Waals surface area (Å²) in [5, 5.41) is 10.4. The Bertz CT molecular complexity index is 1060. The summed E-state index contributed by atoms with van der Waals surface area (Å²) in [6.07, 6.45) is 2.31. The smallest absolute Gasteiger partial charge is 0.306 e. The molecule has 2 atom stereocenters. The lowest BCUT2D eigenvalue weighted by Crippen LogP contribution is -2.23. The van der Waals surface area contributed by atoms with E-state index >= 15 is 0 Å². The Morgan fingerprint density at radius 2 is 2.00 bits per heavy atom. The monoisotopic (exact) mass is 415 g/mol. The highest BCUT2D eigenvalue weighted by Crippen LogP contribution is 2.33. The summed E-state index contributed by atoms with van der Waals surface area (Å²) in [5.74, 6) is -1.25. The van der Waals surface area contributed by atoms with Crippen LogP contribution in [-0.4, -0.2) is 24.0 Å². The number of fused-ring (bicyclic) bond motifs is 1. The van der Waals surface area contributed by atoms with Crippen molar-refractivity contribution in [3.8, 4) is 5.75 Å². The Morgan fingerprint density at radius 1 is 1.24 bits per heavy atom. The van der Waals surface area contributed by atoms with Crippen molar-refractivity contribution in [2.45, 2.75) is 25.8 Å². The Morgan fingerprint density at radius 3 is 2.66 bits per heavy atom. The maximum Gasteiger partial charge on any atom is 0.306 e. The summed E-state index contributed by atoms with van der Waals surface area (Å²) in [5.41, 5.74) is 8.29. The molecule has 152 valence electrons. The van der Waals surface area contributed by atoms with Gasteiger partial charge in [-0.15, -0.1) is 0 Å². The third-order valence-electron chi connectivity index (χ3n) is 5.06. The Hall–Kier alpha value is -2.83. The van der Waals surface area contributed by atoms with Gasteiger partial charge >= 0.3 is 5.97 Å². The third-order valence-corrected chi connectivity index (χ3v) is 5.39. The number of furan rings is 1. The first kappa shape index (κ1) is 20.9. The average molecular weight is 416 g/mol. The molecule has 0 saturated carbocycles. The van der Waals surface area contributed by atoms with E-state index in [9.17, 15) is 14.7 Å². The molecule has 1 heterocycles. The number of ketones is 1. The number of aliphatic carboxylic acids is 1. The first-order valence-corrected chi connectivity index (χ1v) is 9.60. The van der Waals surface area contributed by atoms with E-state index in [4.69, 9.17) is 26.5 Å². The van der Waals surface area contributed by atoms with Gasteiger partial charge in [-0.05, 0) is 42.7 Å². The molecule has 1 aromatic heterocycles. The molecule has 0 spiro atoms. The zero-order valence-corrected chi connectivity index (χ0v) is 16.9. The molecule has 29 heavy (non-hydrogen) atoms.